The summed E-state index contributed by atoms with van der Waals surface area (Å²) in [6, 6.07) is 16.8. The molecule has 4 rings (SSSR count). The minimum absolute atomic E-state index is 0.0610. The van der Waals surface area contributed by atoms with E-state index < -0.39 is 22.5 Å². The van der Waals surface area contributed by atoms with E-state index in [1.165, 1.54) is 38.6 Å². The molecule has 0 fully saturated rings. The number of aromatic nitrogens is 1. The monoisotopic (exact) mass is 642 g/mol. The number of carbonyl (C=O) groups is 1. The van der Waals surface area contributed by atoms with Crippen molar-refractivity contribution in [2.75, 3.05) is 25.1 Å². The van der Waals surface area contributed by atoms with E-state index in [4.69, 9.17) is 32.7 Å². The van der Waals surface area contributed by atoms with Crippen molar-refractivity contribution >= 4 is 51.0 Å². The van der Waals surface area contributed by atoms with E-state index >= 15 is 0 Å². The summed E-state index contributed by atoms with van der Waals surface area (Å²) in [5, 5.41) is 5.14. The van der Waals surface area contributed by atoms with Gasteiger partial charge in [0.15, 0.2) is 11.5 Å². The van der Waals surface area contributed by atoms with E-state index in [2.05, 4.69) is 10.5 Å². The predicted octanol–water partition coefficient (Wildman–Crippen LogP) is 6.38. The molecule has 12 heteroatoms. The largest absolute Gasteiger partial charge is 0.493 e. The SMILES string of the molecule is COc1ccc(S(=O)(=O)N(CC(=O)N/N=C/c2cc(C)n(-c3cc(Cl)cc(Cl)c3)c2C)c2cc(C)cc(C)c2)cc1OC. The first-order valence-corrected chi connectivity index (χ1v) is 15.3. The Morgan fingerprint density at radius 2 is 1.53 bits per heavy atom. The summed E-state index contributed by atoms with van der Waals surface area (Å²) in [7, 11) is -1.32. The van der Waals surface area contributed by atoms with Crippen LogP contribution in [0.15, 0.2) is 70.7 Å². The molecule has 0 atom stereocenters. The molecule has 1 heterocycles. The molecule has 0 radical (unpaired) electrons. The quantitative estimate of drug-likeness (QED) is 0.160. The first-order chi connectivity index (χ1) is 20.3. The van der Waals surface area contributed by atoms with Gasteiger partial charge in [0.05, 0.1) is 31.0 Å². The van der Waals surface area contributed by atoms with Crippen LogP contribution in [0, 0.1) is 27.7 Å². The molecule has 0 unspecified atom stereocenters. The maximum atomic E-state index is 13.9. The van der Waals surface area contributed by atoms with Crippen LogP contribution in [-0.4, -0.2) is 45.9 Å². The molecule has 3 aromatic carbocycles. The standard InChI is InChI=1S/C31H32Cl2N4O5S/c1-19-9-20(2)11-26(10-19)36(43(39,40)28-7-8-29(41-5)30(16-28)42-6)18-31(38)35-34-17-23-12-21(3)37(22(23)4)27-14-24(32)13-25(33)15-27/h7-17H,18H2,1-6H3,(H,35,38)/b34-17+. The van der Waals surface area contributed by atoms with Crippen molar-refractivity contribution in [1.29, 1.82) is 0 Å². The highest BCUT2D eigenvalue weighted by Crippen LogP contribution is 2.33. The number of sulfonamides is 1. The van der Waals surface area contributed by atoms with Gasteiger partial charge in [0.1, 0.15) is 6.54 Å². The lowest BCUT2D eigenvalue weighted by Crippen LogP contribution is -2.39. The zero-order valence-corrected chi connectivity index (χ0v) is 26.9. The highest BCUT2D eigenvalue weighted by Gasteiger charge is 2.29. The average molecular weight is 644 g/mol. The van der Waals surface area contributed by atoms with Crippen molar-refractivity contribution in [1.82, 2.24) is 9.99 Å². The second kappa shape index (κ2) is 13.1. The van der Waals surface area contributed by atoms with Crippen LogP contribution in [0.3, 0.4) is 0 Å². The Morgan fingerprint density at radius 3 is 2.14 bits per heavy atom. The van der Waals surface area contributed by atoms with Gasteiger partial charge < -0.3 is 14.0 Å². The lowest BCUT2D eigenvalue weighted by atomic mass is 10.1. The molecule has 4 aromatic rings. The molecule has 0 bridgehead atoms. The van der Waals surface area contributed by atoms with Gasteiger partial charge in [-0.05, 0) is 87.4 Å². The van der Waals surface area contributed by atoms with E-state index in [0.717, 1.165) is 38.1 Å². The van der Waals surface area contributed by atoms with E-state index in [9.17, 15) is 13.2 Å². The number of nitrogens with one attached hydrogen (secondary N) is 1. The fourth-order valence-electron chi connectivity index (χ4n) is 4.84. The zero-order valence-electron chi connectivity index (χ0n) is 24.6. The van der Waals surface area contributed by atoms with E-state index in [1.807, 2.05) is 44.4 Å². The zero-order chi connectivity index (χ0) is 31.5. The van der Waals surface area contributed by atoms with Gasteiger partial charge in [-0.1, -0.05) is 29.3 Å². The highest BCUT2D eigenvalue weighted by molar-refractivity contribution is 7.92. The van der Waals surface area contributed by atoms with Crippen molar-refractivity contribution in [2.45, 2.75) is 32.6 Å². The Bertz CT molecular complexity index is 1780. The number of hydrogen-bond donors (Lipinski definition) is 1. The maximum Gasteiger partial charge on any atom is 0.264 e. The van der Waals surface area contributed by atoms with Gasteiger partial charge in [-0.15, -0.1) is 0 Å². The summed E-state index contributed by atoms with van der Waals surface area (Å²) in [4.78, 5) is 13.1. The van der Waals surface area contributed by atoms with Crippen LogP contribution in [0.2, 0.25) is 10.0 Å². The number of methoxy groups -OCH3 is 2. The number of carbonyl (C=O) groups excluding carboxylic acids is 1. The summed E-state index contributed by atoms with van der Waals surface area (Å²) in [6.07, 6.45) is 1.51. The fraction of sp³-hybridized carbons (Fsp3) is 0.226. The molecule has 43 heavy (non-hydrogen) atoms. The number of aryl methyl sites for hydroxylation is 3. The Kier molecular flexibility index (Phi) is 9.74. The Hall–Kier alpha value is -3.99. The van der Waals surface area contributed by atoms with Gasteiger partial charge >= 0.3 is 0 Å². The van der Waals surface area contributed by atoms with Crippen LogP contribution >= 0.6 is 23.2 Å². The number of hydrogen-bond acceptors (Lipinski definition) is 6. The number of hydrazone groups is 1. The number of benzene rings is 3. The summed E-state index contributed by atoms with van der Waals surface area (Å²) in [5.74, 6) is -0.00478. The minimum Gasteiger partial charge on any atom is -0.493 e. The smallest absolute Gasteiger partial charge is 0.264 e. The Morgan fingerprint density at radius 1 is 0.907 bits per heavy atom. The van der Waals surface area contributed by atoms with Crippen LogP contribution in [-0.2, 0) is 14.8 Å². The summed E-state index contributed by atoms with van der Waals surface area (Å²) in [5.41, 5.74) is 7.80. The van der Waals surface area contributed by atoms with Crippen molar-refractivity contribution in [3.05, 3.63) is 98.8 Å². The topological polar surface area (TPSA) is 102 Å². The molecule has 0 saturated heterocycles. The van der Waals surface area contributed by atoms with Crippen LogP contribution < -0.4 is 19.2 Å². The van der Waals surface area contributed by atoms with Crippen LogP contribution in [0.4, 0.5) is 5.69 Å². The molecule has 226 valence electrons. The fourth-order valence-corrected chi connectivity index (χ4v) is 6.77. The third-order valence-corrected chi connectivity index (χ3v) is 8.90. The number of halogens is 2. The molecule has 0 aliphatic carbocycles. The van der Waals surface area contributed by atoms with Crippen LogP contribution in [0.5, 0.6) is 11.5 Å². The van der Waals surface area contributed by atoms with Gasteiger partial charge in [-0.2, -0.15) is 5.10 Å². The first kappa shape index (κ1) is 31.9. The van der Waals surface area contributed by atoms with Crippen LogP contribution in [0.25, 0.3) is 5.69 Å². The molecular weight excluding hydrogens is 611 g/mol. The van der Waals surface area contributed by atoms with Crippen molar-refractivity contribution < 1.29 is 22.7 Å². The Labute approximate surface area is 261 Å². The van der Waals surface area contributed by atoms with E-state index in [1.54, 1.807) is 30.3 Å². The number of ether oxygens (including phenoxy) is 2. The van der Waals surface area contributed by atoms with Crippen molar-refractivity contribution in [3.8, 4) is 17.2 Å². The van der Waals surface area contributed by atoms with E-state index in [0.29, 0.717) is 21.5 Å². The third kappa shape index (κ3) is 7.15. The highest BCUT2D eigenvalue weighted by atomic mass is 35.5. The number of rotatable bonds is 10. The molecule has 0 saturated carbocycles. The van der Waals surface area contributed by atoms with Gasteiger partial charge in [-0.3, -0.25) is 9.10 Å². The first-order valence-electron chi connectivity index (χ1n) is 13.1. The number of amides is 1. The van der Waals surface area contributed by atoms with Gasteiger partial charge in [0.2, 0.25) is 0 Å². The van der Waals surface area contributed by atoms with Crippen LogP contribution in [0.1, 0.15) is 28.1 Å². The number of nitrogens with zero attached hydrogens (tertiary/aromatic N) is 3. The second-order valence-electron chi connectivity index (χ2n) is 9.96. The second-order valence-corrected chi connectivity index (χ2v) is 12.7. The molecule has 1 amide bonds. The van der Waals surface area contributed by atoms with Gasteiger partial charge in [0, 0.05) is 38.8 Å². The summed E-state index contributed by atoms with van der Waals surface area (Å²) in [6.45, 7) is 7.03. The maximum absolute atomic E-state index is 13.9. The number of anilines is 1. The van der Waals surface area contributed by atoms with E-state index in [-0.39, 0.29) is 10.6 Å². The minimum atomic E-state index is -4.20. The van der Waals surface area contributed by atoms with Crippen molar-refractivity contribution in [2.24, 2.45) is 5.10 Å². The van der Waals surface area contributed by atoms with Gasteiger partial charge in [0.25, 0.3) is 15.9 Å². The molecular formula is C31H32Cl2N4O5S. The molecule has 1 aromatic heterocycles. The Balaban J connectivity index is 1.62. The van der Waals surface area contributed by atoms with Crippen molar-refractivity contribution in [3.63, 3.8) is 0 Å². The lowest BCUT2D eigenvalue weighted by molar-refractivity contribution is -0.119. The molecule has 0 aliphatic rings. The predicted molar refractivity (Wildman–Crippen MR) is 171 cm³/mol. The molecule has 0 spiro atoms. The molecule has 9 nitrogen and oxygen atoms in total. The molecule has 1 N–H and O–H groups in total. The average Bonchev–Trinajstić information content (AvgIpc) is 3.22. The normalized spacial score (nSPS) is 11.5. The summed E-state index contributed by atoms with van der Waals surface area (Å²) >= 11 is 12.4. The van der Waals surface area contributed by atoms with Gasteiger partial charge in [-0.25, -0.2) is 13.8 Å². The molecule has 0 aliphatic heterocycles. The third-order valence-electron chi connectivity index (χ3n) is 6.69. The lowest BCUT2D eigenvalue weighted by Gasteiger charge is -2.25. The summed E-state index contributed by atoms with van der Waals surface area (Å²) < 4.78 is 41.4.